The van der Waals surface area contributed by atoms with Crippen molar-refractivity contribution in [1.29, 1.82) is 0 Å². The van der Waals surface area contributed by atoms with Crippen LogP contribution in [-0.2, 0) is 65.4 Å². The topological polar surface area (TPSA) is 237 Å². The van der Waals surface area contributed by atoms with Crippen LogP contribution in [0.25, 0.3) is 0 Å². The summed E-state index contributed by atoms with van der Waals surface area (Å²) in [6.45, 7) is 9.45. The van der Waals surface area contributed by atoms with E-state index in [1.807, 2.05) is 0 Å². The molecule has 0 aromatic carbocycles. The van der Waals surface area contributed by atoms with Crippen molar-refractivity contribution in [3.8, 4) is 0 Å². The van der Waals surface area contributed by atoms with Crippen molar-refractivity contribution in [3.63, 3.8) is 0 Å². The average Bonchev–Trinajstić information content (AvgIpc) is 1.57. The lowest BCUT2D eigenvalue weighted by Gasteiger charge is -2.21. The van der Waals surface area contributed by atoms with Crippen LogP contribution in [-0.4, -0.2) is 96.7 Å². The maximum atomic E-state index is 13.1. The van der Waals surface area contributed by atoms with Crippen molar-refractivity contribution in [2.75, 3.05) is 39.6 Å². The summed E-state index contributed by atoms with van der Waals surface area (Å²) in [6.07, 6.45) is 57.8. The van der Waals surface area contributed by atoms with Crippen LogP contribution in [0.5, 0.6) is 0 Å². The molecule has 0 saturated carbocycles. The summed E-state index contributed by atoms with van der Waals surface area (Å²) in [5, 5.41) is 10.6. The first-order valence-corrected chi connectivity index (χ1v) is 41.8. The first kappa shape index (κ1) is 92.5. The number of carbonyl (C=O) groups excluding carboxylic acids is 4. The molecule has 19 heteroatoms. The molecule has 0 amide bonds. The van der Waals surface area contributed by atoms with Gasteiger partial charge in [-0.3, -0.25) is 37.3 Å². The lowest BCUT2D eigenvalue weighted by molar-refractivity contribution is -0.161. The van der Waals surface area contributed by atoms with Crippen molar-refractivity contribution in [1.82, 2.24) is 0 Å². The van der Waals surface area contributed by atoms with Crippen molar-refractivity contribution in [2.45, 2.75) is 387 Å². The highest BCUT2D eigenvalue weighted by Gasteiger charge is 2.30. The highest BCUT2D eigenvalue weighted by molar-refractivity contribution is 7.47. The van der Waals surface area contributed by atoms with Gasteiger partial charge < -0.3 is 33.8 Å². The Morgan fingerprint density at radius 2 is 0.568 bits per heavy atom. The van der Waals surface area contributed by atoms with E-state index < -0.39 is 97.5 Å². The Morgan fingerprint density at radius 3 is 0.863 bits per heavy atom. The zero-order valence-electron chi connectivity index (χ0n) is 61.5. The van der Waals surface area contributed by atoms with Gasteiger partial charge >= 0.3 is 39.5 Å². The molecule has 0 radical (unpaired) electrons. The van der Waals surface area contributed by atoms with E-state index in [0.29, 0.717) is 31.6 Å². The number of phosphoric ester groups is 2. The lowest BCUT2D eigenvalue weighted by Crippen LogP contribution is -2.30. The van der Waals surface area contributed by atoms with Gasteiger partial charge in [0.1, 0.15) is 19.3 Å². The summed E-state index contributed by atoms with van der Waals surface area (Å²) in [6, 6.07) is 0. The van der Waals surface area contributed by atoms with Gasteiger partial charge in [0.15, 0.2) is 12.2 Å². The Kier molecular flexibility index (Phi) is 65.6. The molecular formula is C76H144O17P2. The molecule has 95 heavy (non-hydrogen) atoms. The number of phosphoric acid groups is 2. The van der Waals surface area contributed by atoms with Gasteiger partial charge in [0, 0.05) is 25.7 Å². The van der Waals surface area contributed by atoms with Crippen LogP contribution >= 0.6 is 15.6 Å². The number of carbonyl (C=O) groups is 4. The summed E-state index contributed by atoms with van der Waals surface area (Å²) < 4.78 is 68.4. The Morgan fingerprint density at radius 1 is 0.326 bits per heavy atom. The minimum atomic E-state index is -4.96. The number of hydrogen-bond acceptors (Lipinski definition) is 15. The van der Waals surface area contributed by atoms with Crippen LogP contribution in [0.1, 0.15) is 369 Å². The fraction of sp³-hybridized carbons (Fsp3) is 0.895. The molecule has 0 fully saturated rings. The van der Waals surface area contributed by atoms with E-state index in [4.69, 9.17) is 37.0 Å². The number of aliphatic hydroxyl groups excluding tert-OH is 1. The number of allylic oxidation sites excluding steroid dienone is 4. The summed E-state index contributed by atoms with van der Waals surface area (Å²) in [7, 11) is -9.92. The second-order valence-corrected chi connectivity index (χ2v) is 30.6. The third-order valence-electron chi connectivity index (χ3n) is 17.1. The Balaban J connectivity index is 5.27. The first-order valence-electron chi connectivity index (χ1n) is 38.8. The van der Waals surface area contributed by atoms with Crippen LogP contribution in [0.3, 0.4) is 0 Å². The van der Waals surface area contributed by atoms with E-state index in [1.54, 1.807) is 0 Å². The number of esters is 4. The minimum Gasteiger partial charge on any atom is -0.462 e. The number of unbranched alkanes of at least 4 members (excludes halogenated alkanes) is 40. The molecule has 0 aliphatic rings. The molecule has 0 aromatic heterocycles. The molecule has 2 unspecified atom stereocenters. The number of hydrogen-bond donors (Lipinski definition) is 3. The summed E-state index contributed by atoms with van der Waals surface area (Å²) >= 11 is 0. The summed E-state index contributed by atoms with van der Waals surface area (Å²) in [5.74, 6) is -0.706. The van der Waals surface area contributed by atoms with Crippen LogP contribution in [0.15, 0.2) is 24.3 Å². The second-order valence-electron chi connectivity index (χ2n) is 27.7. The maximum absolute atomic E-state index is 13.1. The second kappa shape index (κ2) is 67.4. The quantitative estimate of drug-likeness (QED) is 0.0169. The fourth-order valence-electron chi connectivity index (χ4n) is 11.1. The third kappa shape index (κ3) is 69.8. The fourth-order valence-corrected chi connectivity index (χ4v) is 12.7. The van der Waals surface area contributed by atoms with E-state index in [-0.39, 0.29) is 25.7 Å². The average molecular weight is 1390 g/mol. The number of ether oxygens (including phenoxy) is 4. The van der Waals surface area contributed by atoms with Crippen molar-refractivity contribution < 1.29 is 80.2 Å². The normalized spacial score (nSPS) is 14.2. The van der Waals surface area contributed by atoms with E-state index in [0.717, 1.165) is 121 Å². The van der Waals surface area contributed by atoms with Gasteiger partial charge in [0.05, 0.1) is 26.4 Å². The largest absolute Gasteiger partial charge is 0.472 e. The molecule has 5 atom stereocenters. The third-order valence-corrected chi connectivity index (χ3v) is 19.0. The van der Waals surface area contributed by atoms with Crippen molar-refractivity contribution in [3.05, 3.63) is 24.3 Å². The molecule has 0 aliphatic heterocycles. The van der Waals surface area contributed by atoms with Gasteiger partial charge in [0.2, 0.25) is 0 Å². The molecule has 17 nitrogen and oxygen atoms in total. The molecule has 0 heterocycles. The van der Waals surface area contributed by atoms with Gasteiger partial charge in [-0.15, -0.1) is 0 Å². The Bertz CT molecular complexity index is 1930. The molecule has 0 saturated heterocycles. The molecular weight excluding hydrogens is 1250 g/mol. The molecule has 0 rings (SSSR count). The Labute approximate surface area is 580 Å². The van der Waals surface area contributed by atoms with Gasteiger partial charge in [-0.2, -0.15) is 0 Å². The SMILES string of the molecule is CCCCCC/C=C\C=C/CCCCCCCC(=O)OC[C@H](COP(=O)(O)OC[C@@H](O)COP(=O)(O)OC[C@@H](COC(=O)CCCCCCCCC(C)C)OC(=O)CCCCCCCCCCCCCC(C)C)OC(=O)CCCCCCCCCCCCCCCCCCC. The zero-order valence-corrected chi connectivity index (χ0v) is 63.2. The van der Waals surface area contributed by atoms with E-state index in [9.17, 15) is 43.2 Å². The number of aliphatic hydroxyl groups is 1. The van der Waals surface area contributed by atoms with Gasteiger partial charge in [-0.25, -0.2) is 9.13 Å². The Hall–Kier alpha value is -2.46. The van der Waals surface area contributed by atoms with Gasteiger partial charge in [-0.05, 0) is 63.2 Å². The molecule has 0 aromatic rings. The lowest BCUT2D eigenvalue weighted by atomic mass is 10.0. The highest BCUT2D eigenvalue weighted by Crippen LogP contribution is 2.45. The standard InChI is InChI=1S/C76H144O17P2/c1-7-9-11-13-15-17-19-21-23-24-26-28-32-36-40-48-54-60-75(80)92-71(64-86-73(78)58-52-46-39-35-31-27-25-22-20-18-16-14-12-10-8-2)66-90-94(82,83)88-62-70(77)63-89-95(84,85)91-67-72(65-87-74(79)59-53-47-43-42-45-51-57-69(5)6)93-76(81)61-55-49-41-37-33-29-30-34-38-44-50-56-68(3)4/h18,20,22,25,68-72,77H,7-17,19,21,23-24,26-67H2,1-6H3,(H,82,83)(H,84,85)/b20-18-,25-22-/t70-,71-,72-/m1/s1. The van der Waals surface area contributed by atoms with Crippen LogP contribution in [0.4, 0.5) is 0 Å². The highest BCUT2D eigenvalue weighted by atomic mass is 31.2. The molecule has 0 bridgehead atoms. The van der Waals surface area contributed by atoms with Crippen LogP contribution < -0.4 is 0 Å². The molecule has 0 aliphatic carbocycles. The predicted molar refractivity (Wildman–Crippen MR) is 386 cm³/mol. The first-order chi connectivity index (χ1) is 45.9. The molecule has 560 valence electrons. The zero-order chi connectivity index (χ0) is 70.0. The van der Waals surface area contributed by atoms with Crippen LogP contribution in [0.2, 0.25) is 0 Å². The number of rotatable bonds is 73. The van der Waals surface area contributed by atoms with Crippen LogP contribution in [0, 0.1) is 11.8 Å². The minimum absolute atomic E-state index is 0.101. The summed E-state index contributed by atoms with van der Waals surface area (Å²) in [5.41, 5.74) is 0. The molecule has 0 spiro atoms. The van der Waals surface area contributed by atoms with E-state index in [1.165, 1.54) is 161 Å². The summed E-state index contributed by atoms with van der Waals surface area (Å²) in [4.78, 5) is 72.8. The smallest absolute Gasteiger partial charge is 0.462 e. The predicted octanol–water partition coefficient (Wildman–Crippen LogP) is 21.9. The van der Waals surface area contributed by atoms with Crippen molar-refractivity contribution in [2.24, 2.45) is 11.8 Å². The molecule has 3 N–H and O–H groups in total. The van der Waals surface area contributed by atoms with E-state index >= 15 is 0 Å². The van der Waals surface area contributed by atoms with Gasteiger partial charge in [-0.1, -0.05) is 316 Å². The van der Waals surface area contributed by atoms with Crippen molar-refractivity contribution >= 4 is 39.5 Å². The monoisotopic (exact) mass is 1390 g/mol. The van der Waals surface area contributed by atoms with Gasteiger partial charge in [0.25, 0.3) is 0 Å². The van der Waals surface area contributed by atoms with E-state index in [2.05, 4.69) is 65.8 Å². The maximum Gasteiger partial charge on any atom is 0.472 e.